The summed E-state index contributed by atoms with van der Waals surface area (Å²) in [6.07, 6.45) is 7.53. The molecule has 6 heteroatoms. The number of piperazine rings is 1. The number of hydrogen-bond acceptors (Lipinski definition) is 5. The minimum atomic E-state index is -0.301. The maximum absolute atomic E-state index is 11.5. The monoisotopic (exact) mass is 381 g/mol. The van der Waals surface area contributed by atoms with Gasteiger partial charge in [-0.2, -0.15) is 0 Å². The third-order valence-electron chi connectivity index (χ3n) is 7.21. The Labute approximate surface area is 167 Å². The van der Waals surface area contributed by atoms with Crippen LogP contribution in [-0.2, 0) is 12.0 Å². The molecule has 2 atom stereocenters. The second-order valence-corrected chi connectivity index (χ2v) is 8.56. The molecular weight excluding hydrogens is 350 g/mol. The van der Waals surface area contributed by atoms with Crippen molar-refractivity contribution in [1.29, 1.82) is 0 Å². The van der Waals surface area contributed by atoms with Crippen LogP contribution in [0.15, 0.2) is 43.0 Å². The Bertz CT molecular complexity index is 778. The molecule has 0 amide bonds. The lowest BCUT2D eigenvalue weighted by atomic mass is 9.72. The fraction of sp³-hybridized carbons (Fsp3) is 0.591. The first-order chi connectivity index (χ1) is 13.8. The third kappa shape index (κ3) is 3.08. The summed E-state index contributed by atoms with van der Waals surface area (Å²) in [5.41, 5.74) is 2.70. The second kappa shape index (κ2) is 7.59. The van der Waals surface area contributed by atoms with Gasteiger partial charge in [0.2, 0.25) is 0 Å². The first-order valence-electron chi connectivity index (χ1n) is 10.7. The normalized spacial score (nSPS) is 27.9. The first kappa shape index (κ1) is 18.3. The van der Waals surface area contributed by atoms with E-state index in [1.54, 1.807) is 0 Å². The van der Waals surface area contributed by atoms with Gasteiger partial charge in [-0.25, -0.2) is 4.98 Å². The Morgan fingerprint density at radius 1 is 1.07 bits per heavy atom. The Morgan fingerprint density at radius 3 is 2.61 bits per heavy atom. The number of fused-ring (bicyclic) bond motifs is 2. The van der Waals surface area contributed by atoms with Gasteiger partial charge in [-0.3, -0.25) is 9.80 Å². The van der Waals surface area contributed by atoms with Crippen molar-refractivity contribution >= 4 is 0 Å². The molecule has 2 aliphatic heterocycles. The van der Waals surface area contributed by atoms with E-state index in [4.69, 9.17) is 0 Å². The van der Waals surface area contributed by atoms with Crippen LogP contribution in [0.3, 0.4) is 0 Å². The molecule has 1 aliphatic carbocycles. The van der Waals surface area contributed by atoms with Gasteiger partial charge in [-0.15, -0.1) is 0 Å². The second-order valence-electron chi connectivity index (χ2n) is 8.56. The molecule has 3 heterocycles. The number of rotatable bonds is 4. The molecule has 2 fully saturated rings. The maximum atomic E-state index is 11.5. The van der Waals surface area contributed by atoms with Crippen LogP contribution in [0, 0.1) is 0 Å². The standard InChI is InChI=1S/C22H31N5O/c28-21-20(18-3-1-2-4-19(18)22(21)5-7-23-8-6-22)27-15-13-25(14-16-27)11-12-26-10-9-24-17-26/h1-4,9-10,17,20-21,23,28H,5-8,11-16H2/t20-,21+/m1/s1. The van der Waals surface area contributed by atoms with Crippen LogP contribution in [0.5, 0.6) is 0 Å². The van der Waals surface area contributed by atoms with Gasteiger partial charge < -0.3 is 15.0 Å². The molecule has 5 rings (SSSR count). The van der Waals surface area contributed by atoms with Crippen LogP contribution >= 0.6 is 0 Å². The lowest BCUT2D eigenvalue weighted by Gasteiger charge is -2.43. The van der Waals surface area contributed by atoms with Gasteiger partial charge in [0.15, 0.2) is 0 Å². The SMILES string of the molecule is O[C@H]1[C@H](N2CCN(CCn3ccnc3)CC2)c2ccccc2C12CCNCC2. The highest BCUT2D eigenvalue weighted by Gasteiger charge is 2.53. The molecule has 0 unspecified atom stereocenters. The highest BCUT2D eigenvalue weighted by Crippen LogP contribution is 2.52. The Morgan fingerprint density at radius 2 is 1.86 bits per heavy atom. The predicted molar refractivity (Wildman–Crippen MR) is 109 cm³/mol. The molecule has 6 nitrogen and oxygen atoms in total. The van der Waals surface area contributed by atoms with Gasteiger partial charge in [0.1, 0.15) is 0 Å². The van der Waals surface area contributed by atoms with E-state index < -0.39 is 0 Å². The lowest BCUT2D eigenvalue weighted by molar-refractivity contribution is -0.0182. The minimum absolute atomic E-state index is 0.0644. The predicted octanol–water partition coefficient (Wildman–Crippen LogP) is 1.24. The Balaban J connectivity index is 1.29. The topological polar surface area (TPSA) is 56.6 Å². The molecule has 1 aromatic heterocycles. The summed E-state index contributed by atoms with van der Waals surface area (Å²) in [6.45, 7) is 8.22. The van der Waals surface area contributed by atoms with Crippen molar-refractivity contribution < 1.29 is 5.11 Å². The number of aromatic nitrogens is 2. The minimum Gasteiger partial charge on any atom is -0.390 e. The third-order valence-corrected chi connectivity index (χ3v) is 7.21. The van der Waals surface area contributed by atoms with Gasteiger partial charge in [-0.05, 0) is 37.1 Å². The van der Waals surface area contributed by atoms with Crippen LogP contribution in [0.2, 0.25) is 0 Å². The number of piperidine rings is 1. The quantitative estimate of drug-likeness (QED) is 0.835. The number of hydrogen-bond donors (Lipinski definition) is 2. The largest absolute Gasteiger partial charge is 0.390 e. The maximum Gasteiger partial charge on any atom is 0.0946 e. The van der Waals surface area contributed by atoms with Crippen LogP contribution in [0.25, 0.3) is 0 Å². The summed E-state index contributed by atoms with van der Waals surface area (Å²) >= 11 is 0. The zero-order chi connectivity index (χ0) is 19.0. The average molecular weight is 382 g/mol. The van der Waals surface area contributed by atoms with Crippen molar-refractivity contribution in [2.45, 2.75) is 36.9 Å². The van der Waals surface area contributed by atoms with Crippen LogP contribution in [0.1, 0.15) is 30.0 Å². The van der Waals surface area contributed by atoms with Gasteiger partial charge >= 0.3 is 0 Å². The van der Waals surface area contributed by atoms with Gasteiger partial charge in [0.05, 0.1) is 18.5 Å². The molecule has 1 spiro atoms. The van der Waals surface area contributed by atoms with E-state index in [-0.39, 0.29) is 17.6 Å². The Kier molecular flexibility index (Phi) is 4.97. The number of nitrogens with one attached hydrogen (secondary N) is 1. The number of aliphatic hydroxyl groups excluding tert-OH is 1. The van der Waals surface area contributed by atoms with Crippen molar-refractivity contribution in [3.05, 3.63) is 54.1 Å². The molecule has 150 valence electrons. The molecule has 0 radical (unpaired) electrons. The summed E-state index contributed by atoms with van der Waals surface area (Å²) < 4.78 is 2.14. The van der Waals surface area contributed by atoms with E-state index in [2.05, 4.69) is 48.9 Å². The van der Waals surface area contributed by atoms with E-state index >= 15 is 0 Å². The fourth-order valence-corrected chi connectivity index (χ4v) is 5.62. The Hall–Kier alpha value is -1.73. The summed E-state index contributed by atoms with van der Waals surface area (Å²) in [6, 6.07) is 8.95. The number of imidazole rings is 1. The molecule has 0 bridgehead atoms. The summed E-state index contributed by atoms with van der Waals surface area (Å²) in [7, 11) is 0. The van der Waals surface area contributed by atoms with Crippen molar-refractivity contribution in [2.75, 3.05) is 45.8 Å². The van der Waals surface area contributed by atoms with E-state index in [9.17, 15) is 5.11 Å². The molecule has 2 aromatic rings. The van der Waals surface area contributed by atoms with Crippen molar-refractivity contribution in [3.8, 4) is 0 Å². The smallest absolute Gasteiger partial charge is 0.0946 e. The van der Waals surface area contributed by atoms with Crippen LogP contribution < -0.4 is 5.32 Å². The summed E-state index contributed by atoms with van der Waals surface area (Å²) in [5, 5.41) is 15.0. The molecule has 28 heavy (non-hydrogen) atoms. The van der Waals surface area contributed by atoms with E-state index in [1.807, 2.05) is 18.7 Å². The molecule has 3 aliphatic rings. The summed E-state index contributed by atoms with van der Waals surface area (Å²) in [4.78, 5) is 9.19. The summed E-state index contributed by atoms with van der Waals surface area (Å²) in [5.74, 6) is 0. The van der Waals surface area contributed by atoms with Crippen molar-refractivity contribution in [3.63, 3.8) is 0 Å². The van der Waals surface area contributed by atoms with E-state index in [0.29, 0.717) is 0 Å². The van der Waals surface area contributed by atoms with Crippen LogP contribution in [-0.4, -0.2) is 76.4 Å². The molecule has 0 saturated carbocycles. The first-order valence-corrected chi connectivity index (χ1v) is 10.7. The number of nitrogens with zero attached hydrogens (tertiary/aromatic N) is 4. The zero-order valence-corrected chi connectivity index (χ0v) is 16.5. The van der Waals surface area contributed by atoms with Crippen LogP contribution in [0.4, 0.5) is 0 Å². The molecular formula is C22H31N5O. The highest BCUT2D eigenvalue weighted by molar-refractivity contribution is 5.45. The fourth-order valence-electron chi connectivity index (χ4n) is 5.62. The molecule has 2 N–H and O–H groups in total. The number of benzene rings is 1. The van der Waals surface area contributed by atoms with E-state index in [1.165, 1.54) is 11.1 Å². The van der Waals surface area contributed by atoms with E-state index in [0.717, 1.165) is 65.2 Å². The number of aliphatic hydroxyl groups is 1. The average Bonchev–Trinajstić information content (AvgIpc) is 3.34. The van der Waals surface area contributed by atoms with Gasteiger partial charge in [0, 0.05) is 57.1 Å². The molecule has 2 saturated heterocycles. The lowest BCUT2D eigenvalue weighted by Crippen LogP contribution is -2.53. The van der Waals surface area contributed by atoms with Crippen molar-refractivity contribution in [1.82, 2.24) is 24.7 Å². The molecule has 1 aromatic carbocycles. The van der Waals surface area contributed by atoms with Gasteiger partial charge in [-0.1, -0.05) is 24.3 Å². The zero-order valence-electron chi connectivity index (χ0n) is 16.5. The van der Waals surface area contributed by atoms with Crippen molar-refractivity contribution in [2.24, 2.45) is 0 Å². The van der Waals surface area contributed by atoms with Gasteiger partial charge in [0.25, 0.3) is 0 Å². The highest BCUT2D eigenvalue weighted by atomic mass is 16.3.